The van der Waals surface area contributed by atoms with Crippen molar-refractivity contribution in [1.29, 1.82) is 0 Å². The number of nitrogens with two attached hydrogens (primary N) is 1. The highest BCUT2D eigenvalue weighted by atomic mass is 35.5. The molecule has 0 radical (unpaired) electrons. The van der Waals surface area contributed by atoms with Crippen LogP contribution in [-0.2, 0) is 0 Å². The van der Waals surface area contributed by atoms with Gasteiger partial charge in [0.25, 0.3) is 11.8 Å². The summed E-state index contributed by atoms with van der Waals surface area (Å²) >= 11 is 10.8. The highest BCUT2D eigenvalue weighted by Gasteiger charge is 2.14. The monoisotopic (exact) mass is 351 g/mol. The Kier molecular flexibility index (Phi) is 5.25. The van der Waals surface area contributed by atoms with E-state index >= 15 is 0 Å². The van der Waals surface area contributed by atoms with Crippen molar-refractivity contribution in [3.05, 3.63) is 64.4 Å². The Balaban J connectivity index is 2.11. The van der Waals surface area contributed by atoms with Crippen molar-refractivity contribution >= 4 is 46.4 Å². The Morgan fingerprint density at radius 2 is 1.83 bits per heavy atom. The van der Waals surface area contributed by atoms with Crippen molar-refractivity contribution in [3.63, 3.8) is 0 Å². The number of benzene rings is 2. The molecule has 0 aliphatic heterocycles. The number of para-hydroxylation sites is 1. The van der Waals surface area contributed by atoms with Gasteiger partial charge in [0.05, 0.1) is 21.8 Å². The third-order valence-electron chi connectivity index (χ3n) is 2.84. The van der Waals surface area contributed by atoms with E-state index in [1.165, 1.54) is 12.1 Å². The highest BCUT2D eigenvalue weighted by molar-refractivity contribution is 7.80. The van der Waals surface area contributed by atoms with Crippen LogP contribution in [0.2, 0.25) is 5.02 Å². The lowest BCUT2D eigenvalue weighted by Gasteiger charge is -2.12. The highest BCUT2D eigenvalue weighted by Crippen LogP contribution is 2.17. The van der Waals surface area contributed by atoms with Gasteiger partial charge in [-0.1, -0.05) is 23.7 Å². The van der Waals surface area contributed by atoms with Gasteiger partial charge in [0.1, 0.15) is 5.82 Å². The molecule has 2 aromatic rings. The molecule has 0 spiro atoms. The predicted molar refractivity (Wildman–Crippen MR) is 90.1 cm³/mol. The van der Waals surface area contributed by atoms with Crippen molar-refractivity contribution in [1.82, 2.24) is 5.32 Å². The van der Waals surface area contributed by atoms with Gasteiger partial charge in [-0.3, -0.25) is 14.9 Å². The number of carbonyl (C=O) groups excluding carboxylic acids is 2. The van der Waals surface area contributed by atoms with E-state index in [0.29, 0.717) is 5.69 Å². The molecule has 0 aliphatic carbocycles. The fourth-order valence-corrected chi connectivity index (χ4v) is 2.26. The number of amides is 2. The molecule has 8 heteroatoms. The lowest BCUT2D eigenvalue weighted by molar-refractivity contribution is 0.0975. The first-order valence-electron chi connectivity index (χ1n) is 6.34. The number of halogens is 2. The molecule has 5 nitrogen and oxygen atoms in total. The molecule has 0 unspecified atom stereocenters. The second-order valence-electron chi connectivity index (χ2n) is 4.44. The minimum Gasteiger partial charge on any atom is -0.366 e. The maximum absolute atomic E-state index is 13.0. The van der Waals surface area contributed by atoms with Crippen LogP contribution in [0.15, 0.2) is 42.5 Å². The Morgan fingerprint density at radius 1 is 1.13 bits per heavy atom. The van der Waals surface area contributed by atoms with Gasteiger partial charge in [0.15, 0.2) is 5.11 Å². The summed E-state index contributed by atoms with van der Waals surface area (Å²) in [4.78, 5) is 23.4. The zero-order chi connectivity index (χ0) is 17.0. The summed E-state index contributed by atoms with van der Waals surface area (Å²) in [6.07, 6.45) is 0. The standard InChI is InChI=1S/C15H11ClFN3O2S/c16-11-7-8(17)5-6-9(11)14(22)20-15(23)19-12-4-2-1-3-10(12)13(18)21/h1-7H,(H2,18,21)(H2,19,20,22,23). The molecule has 4 N–H and O–H groups in total. The van der Waals surface area contributed by atoms with E-state index < -0.39 is 17.6 Å². The lowest BCUT2D eigenvalue weighted by atomic mass is 10.1. The van der Waals surface area contributed by atoms with E-state index in [1.807, 2.05) is 0 Å². The van der Waals surface area contributed by atoms with Crippen LogP contribution in [0.1, 0.15) is 20.7 Å². The molecule has 0 aliphatic rings. The van der Waals surface area contributed by atoms with Gasteiger partial charge in [-0.25, -0.2) is 4.39 Å². The number of rotatable bonds is 3. The topological polar surface area (TPSA) is 84.2 Å². The van der Waals surface area contributed by atoms with Gasteiger partial charge in [0.2, 0.25) is 0 Å². The predicted octanol–water partition coefficient (Wildman–Crippen LogP) is 2.70. The maximum atomic E-state index is 13.0. The first-order valence-corrected chi connectivity index (χ1v) is 7.13. The van der Waals surface area contributed by atoms with Crippen molar-refractivity contribution in [2.24, 2.45) is 5.73 Å². The SMILES string of the molecule is NC(=O)c1ccccc1NC(=S)NC(=O)c1ccc(F)cc1Cl. The normalized spacial score (nSPS) is 10.0. The molecule has 0 aromatic heterocycles. The fraction of sp³-hybridized carbons (Fsp3) is 0. The van der Waals surface area contributed by atoms with E-state index in [-0.39, 0.29) is 21.3 Å². The second-order valence-corrected chi connectivity index (χ2v) is 5.26. The van der Waals surface area contributed by atoms with Gasteiger partial charge in [0, 0.05) is 0 Å². The number of nitrogens with one attached hydrogen (secondary N) is 2. The van der Waals surface area contributed by atoms with E-state index in [0.717, 1.165) is 12.1 Å². The summed E-state index contributed by atoms with van der Waals surface area (Å²) in [5.41, 5.74) is 5.91. The number of anilines is 1. The van der Waals surface area contributed by atoms with Gasteiger partial charge >= 0.3 is 0 Å². The summed E-state index contributed by atoms with van der Waals surface area (Å²) in [5.74, 6) is -1.80. The minimum absolute atomic E-state index is 0.0390. The molecule has 23 heavy (non-hydrogen) atoms. The Bertz CT molecular complexity index is 798. The van der Waals surface area contributed by atoms with E-state index in [9.17, 15) is 14.0 Å². The molecular weight excluding hydrogens is 341 g/mol. The summed E-state index contributed by atoms with van der Waals surface area (Å²) in [5, 5.41) is 5.01. The third kappa shape index (κ3) is 4.24. The van der Waals surface area contributed by atoms with E-state index in [4.69, 9.17) is 29.6 Å². The maximum Gasteiger partial charge on any atom is 0.258 e. The Labute approximate surface area is 141 Å². The zero-order valence-corrected chi connectivity index (χ0v) is 13.2. The molecule has 2 aromatic carbocycles. The van der Waals surface area contributed by atoms with E-state index in [2.05, 4.69) is 10.6 Å². The number of hydrogen-bond acceptors (Lipinski definition) is 3. The van der Waals surface area contributed by atoms with Crippen molar-refractivity contribution in [2.75, 3.05) is 5.32 Å². The van der Waals surface area contributed by atoms with E-state index in [1.54, 1.807) is 18.2 Å². The van der Waals surface area contributed by atoms with Crippen molar-refractivity contribution in [3.8, 4) is 0 Å². The molecule has 2 rings (SSSR count). The number of hydrogen-bond donors (Lipinski definition) is 3. The first kappa shape index (κ1) is 16.9. The molecule has 0 fully saturated rings. The molecular formula is C15H11ClFN3O2S. The molecule has 0 saturated heterocycles. The summed E-state index contributed by atoms with van der Waals surface area (Å²) < 4.78 is 13.0. The Morgan fingerprint density at radius 3 is 2.48 bits per heavy atom. The van der Waals surface area contributed by atoms with Crippen LogP contribution >= 0.6 is 23.8 Å². The molecule has 0 heterocycles. The quantitative estimate of drug-likeness (QED) is 0.742. The molecule has 0 atom stereocenters. The molecule has 0 bridgehead atoms. The van der Waals surface area contributed by atoms with Gasteiger partial charge < -0.3 is 11.1 Å². The summed E-state index contributed by atoms with van der Waals surface area (Å²) in [6, 6.07) is 9.80. The zero-order valence-electron chi connectivity index (χ0n) is 11.6. The van der Waals surface area contributed by atoms with Crippen LogP contribution in [0.3, 0.4) is 0 Å². The third-order valence-corrected chi connectivity index (χ3v) is 3.36. The largest absolute Gasteiger partial charge is 0.366 e. The molecule has 2 amide bonds. The van der Waals surface area contributed by atoms with Crippen LogP contribution in [0.5, 0.6) is 0 Å². The minimum atomic E-state index is -0.635. The second kappa shape index (κ2) is 7.17. The number of primary amides is 1. The average Bonchev–Trinajstić information content (AvgIpc) is 2.47. The smallest absolute Gasteiger partial charge is 0.258 e. The van der Waals surface area contributed by atoms with Crippen molar-refractivity contribution < 1.29 is 14.0 Å². The number of thiocarbonyl (C=S) groups is 1. The summed E-state index contributed by atoms with van der Waals surface area (Å²) in [7, 11) is 0. The molecule has 0 saturated carbocycles. The van der Waals surface area contributed by atoms with Crippen LogP contribution < -0.4 is 16.4 Å². The van der Waals surface area contributed by atoms with Gasteiger partial charge in [-0.15, -0.1) is 0 Å². The van der Waals surface area contributed by atoms with Crippen LogP contribution in [0, 0.1) is 5.82 Å². The van der Waals surface area contributed by atoms with Gasteiger partial charge in [-0.2, -0.15) is 0 Å². The van der Waals surface area contributed by atoms with Crippen LogP contribution in [0.25, 0.3) is 0 Å². The molecule has 118 valence electrons. The van der Waals surface area contributed by atoms with Gasteiger partial charge in [-0.05, 0) is 42.5 Å². The van der Waals surface area contributed by atoms with Crippen LogP contribution in [0.4, 0.5) is 10.1 Å². The lowest BCUT2D eigenvalue weighted by Crippen LogP contribution is -2.34. The van der Waals surface area contributed by atoms with Crippen molar-refractivity contribution in [2.45, 2.75) is 0 Å². The van der Waals surface area contributed by atoms with Crippen LogP contribution in [-0.4, -0.2) is 16.9 Å². The average molecular weight is 352 g/mol. The first-order chi connectivity index (χ1) is 10.9. The Hall–Kier alpha value is -2.51. The fourth-order valence-electron chi connectivity index (χ4n) is 1.80. The number of carbonyl (C=O) groups is 2. The summed E-state index contributed by atoms with van der Waals surface area (Å²) in [6.45, 7) is 0.